The molecule has 4 nitrogen and oxygen atoms in total. The zero-order valence-corrected chi connectivity index (χ0v) is 15.2. The second-order valence-corrected chi connectivity index (χ2v) is 7.86. The predicted octanol–water partition coefficient (Wildman–Crippen LogP) is 4.20. The SMILES string of the molecule is C=CCn1c(SCC(=O)c2ccc3c(c2)CCCC3)nnc1C1CC1. The van der Waals surface area contributed by atoms with Crippen LogP contribution in [-0.2, 0) is 19.4 Å². The summed E-state index contributed by atoms with van der Waals surface area (Å²) in [5.41, 5.74) is 3.59. The summed E-state index contributed by atoms with van der Waals surface area (Å²) in [4.78, 5) is 12.6. The van der Waals surface area contributed by atoms with E-state index in [1.165, 1.54) is 48.6 Å². The smallest absolute Gasteiger partial charge is 0.191 e. The predicted molar refractivity (Wildman–Crippen MR) is 100 cm³/mol. The largest absolute Gasteiger partial charge is 0.302 e. The van der Waals surface area contributed by atoms with Gasteiger partial charge in [0.2, 0.25) is 0 Å². The van der Waals surface area contributed by atoms with Crippen LogP contribution in [0, 0.1) is 0 Å². The van der Waals surface area contributed by atoms with Crippen LogP contribution in [0.3, 0.4) is 0 Å². The lowest BCUT2D eigenvalue weighted by atomic mass is 9.90. The first-order valence-electron chi connectivity index (χ1n) is 9.08. The van der Waals surface area contributed by atoms with Crippen LogP contribution >= 0.6 is 11.8 Å². The second-order valence-electron chi connectivity index (χ2n) is 6.92. The lowest BCUT2D eigenvalue weighted by Gasteiger charge is -2.16. The zero-order valence-electron chi connectivity index (χ0n) is 14.4. The quantitative estimate of drug-likeness (QED) is 0.425. The fourth-order valence-corrected chi connectivity index (χ4v) is 4.32. The third-order valence-corrected chi connectivity index (χ3v) is 5.97. The van der Waals surface area contributed by atoms with Crippen molar-refractivity contribution in [2.45, 2.75) is 56.1 Å². The Hall–Kier alpha value is -1.88. The van der Waals surface area contributed by atoms with Crippen molar-refractivity contribution in [3.05, 3.63) is 53.4 Å². The van der Waals surface area contributed by atoms with E-state index >= 15 is 0 Å². The Morgan fingerprint density at radius 2 is 2.04 bits per heavy atom. The highest BCUT2D eigenvalue weighted by molar-refractivity contribution is 7.99. The maximum Gasteiger partial charge on any atom is 0.191 e. The van der Waals surface area contributed by atoms with Crippen LogP contribution in [0.1, 0.15) is 58.9 Å². The van der Waals surface area contributed by atoms with Crippen molar-refractivity contribution in [2.75, 3.05) is 5.75 Å². The van der Waals surface area contributed by atoms with E-state index in [2.05, 4.69) is 33.5 Å². The molecule has 1 fully saturated rings. The van der Waals surface area contributed by atoms with Gasteiger partial charge in [0.15, 0.2) is 10.9 Å². The van der Waals surface area contributed by atoms with Gasteiger partial charge in [-0.05, 0) is 55.7 Å². The highest BCUT2D eigenvalue weighted by Crippen LogP contribution is 2.40. The molecule has 0 aliphatic heterocycles. The van der Waals surface area contributed by atoms with E-state index in [4.69, 9.17) is 0 Å². The van der Waals surface area contributed by atoms with Crippen LogP contribution in [0.4, 0.5) is 0 Å². The maximum absolute atomic E-state index is 12.6. The summed E-state index contributed by atoms with van der Waals surface area (Å²) in [5, 5.41) is 9.47. The normalized spacial score (nSPS) is 16.5. The summed E-state index contributed by atoms with van der Waals surface area (Å²) >= 11 is 1.49. The van der Waals surface area contributed by atoms with E-state index in [0.717, 1.165) is 29.4 Å². The van der Waals surface area contributed by atoms with Crippen LogP contribution in [0.25, 0.3) is 0 Å². The van der Waals surface area contributed by atoms with Gasteiger partial charge in [-0.15, -0.1) is 16.8 Å². The van der Waals surface area contributed by atoms with E-state index in [-0.39, 0.29) is 5.78 Å². The number of nitrogens with zero attached hydrogens (tertiary/aromatic N) is 3. The molecule has 0 unspecified atom stereocenters. The highest BCUT2D eigenvalue weighted by Gasteiger charge is 2.30. The number of thioether (sulfide) groups is 1. The number of aryl methyl sites for hydroxylation is 2. The number of aromatic nitrogens is 3. The molecule has 0 amide bonds. The third kappa shape index (κ3) is 3.56. The van der Waals surface area contributed by atoms with Crippen molar-refractivity contribution in [2.24, 2.45) is 0 Å². The number of benzene rings is 1. The fraction of sp³-hybridized carbons (Fsp3) is 0.450. The van der Waals surface area contributed by atoms with E-state index in [1.807, 2.05) is 12.1 Å². The molecule has 0 N–H and O–H groups in total. The van der Waals surface area contributed by atoms with E-state index in [1.54, 1.807) is 0 Å². The first kappa shape index (κ1) is 16.6. The van der Waals surface area contributed by atoms with Gasteiger partial charge in [0.05, 0.1) is 5.75 Å². The summed E-state index contributed by atoms with van der Waals surface area (Å²) in [6.45, 7) is 4.53. The number of hydrogen-bond acceptors (Lipinski definition) is 4. The first-order chi connectivity index (χ1) is 12.3. The molecule has 0 spiro atoms. The Morgan fingerprint density at radius 3 is 2.80 bits per heavy atom. The van der Waals surface area contributed by atoms with Crippen molar-refractivity contribution in [1.82, 2.24) is 14.8 Å². The van der Waals surface area contributed by atoms with Crippen molar-refractivity contribution in [3.63, 3.8) is 0 Å². The van der Waals surface area contributed by atoms with Gasteiger partial charge in [-0.3, -0.25) is 4.79 Å². The summed E-state index contributed by atoms with van der Waals surface area (Å²) < 4.78 is 2.11. The molecule has 1 heterocycles. The molecule has 5 heteroatoms. The van der Waals surface area contributed by atoms with Crippen LogP contribution in [0.2, 0.25) is 0 Å². The molecule has 0 radical (unpaired) electrons. The summed E-state index contributed by atoms with van der Waals surface area (Å²) in [5.74, 6) is 2.15. The number of carbonyl (C=O) groups is 1. The molecule has 1 aromatic heterocycles. The second kappa shape index (κ2) is 7.16. The topological polar surface area (TPSA) is 47.8 Å². The number of rotatable bonds is 7. The van der Waals surface area contributed by atoms with E-state index in [0.29, 0.717) is 18.2 Å². The number of hydrogen-bond donors (Lipinski definition) is 0. The van der Waals surface area contributed by atoms with Crippen LogP contribution in [-0.4, -0.2) is 26.3 Å². The molecular weight excluding hydrogens is 330 g/mol. The van der Waals surface area contributed by atoms with Gasteiger partial charge in [0, 0.05) is 18.0 Å². The molecule has 2 aromatic rings. The highest BCUT2D eigenvalue weighted by atomic mass is 32.2. The lowest BCUT2D eigenvalue weighted by Crippen LogP contribution is -2.09. The monoisotopic (exact) mass is 353 g/mol. The Morgan fingerprint density at radius 1 is 1.24 bits per heavy atom. The molecule has 2 aliphatic rings. The molecule has 4 rings (SSSR count). The van der Waals surface area contributed by atoms with Crippen molar-refractivity contribution >= 4 is 17.5 Å². The minimum atomic E-state index is 0.166. The van der Waals surface area contributed by atoms with Crippen LogP contribution in [0.15, 0.2) is 36.0 Å². The Balaban J connectivity index is 1.46. The molecule has 2 aliphatic carbocycles. The van der Waals surface area contributed by atoms with Gasteiger partial charge < -0.3 is 4.57 Å². The van der Waals surface area contributed by atoms with Crippen LogP contribution < -0.4 is 0 Å². The first-order valence-corrected chi connectivity index (χ1v) is 10.1. The van der Waals surface area contributed by atoms with Crippen molar-refractivity contribution in [3.8, 4) is 0 Å². The number of Topliss-reactive ketones (excluding diaryl/α,β-unsaturated/α-hetero) is 1. The zero-order chi connectivity index (χ0) is 17.2. The summed E-state index contributed by atoms with van der Waals surface area (Å²) in [6, 6.07) is 6.22. The van der Waals surface area contributed by atoms with Gasteiger partial charge >= 0.3 is 0 Å². The minimum Gasteiger partial charge on any atom is -0.302 e. The van der Waals surface area contributed by atoms with Crippen molar-refractivity contribution < 1.29 is 4.79 Å². The van der Waals surface area contributed by atoms with Crippen molar-refractivity contribution in [1.29, 1.82) is 0 Å². The Kier molecular flexibility index (Phi) is 4.75. The van der Waals surface area contributed by atoms with Gasteiger partial charge in [-0.25, -0.2) is 0 Å². The molecule has 0 bridgehead atoms. The molecule has 0 saturated heterocycles. The molecule has 25 heavy (non-hydrogen) atoms. The molecule has 130 valence electrons. The van der Waals surface area contributed by atoms with Gasteiger partial charge in [-0.1, -0.05) is 30.0 Å². The third-order valence-electron chi connectivity index (χ3n) is 5.00. The molecule has 0 atom stereocenters. The summed E-state index contributed by atoms with van der Waals surface area (Å²) in [6.07, 6.45) is 8.98. The van der Waals surface area contributed by atoms with Gasteiger partial charge in [-0.2, -0.15) is 0 Å². The van der Waals surface area contributed by atoms with E-state index in [9.17, 15) is 4.79 Å². The maximum atomic E-state index is 12.6. The number of carbonyl (C=O) groups excluding carboxylic acids is 1. The van der Waals surface area contributed by atoms with Gasteiger partial charge in [0.25, 0.3) is 0 Å². The number of ketones is 1. The Bertz CT molecular complexity index is 807. The molecule has 1 saturated carbocycles. The summed E-state index contributed by atoms with van der Waals surface area (Å²) in [7, 11) is 0. The lowest BCUT2D eigenvalue weighted by molar-refractivity contribution is 0.102. The van der Waals surface area contributed by atoms with Crippen LogP contribution in [0.5, 0.6) is 0 Å². The number of fused-ring (bicyclic) bond motifs is 1. The average Bonchev–Trinajstić information content (AvgIpc) is 3.41. The minimum absolute atomic E-state index is 0.166. The average molecular weight is 353 g/mol. The Labute approximate surface area is 152 Å². The van der Waals surface area contributed by atoms with Gasteiger partial charge in [0.1, 0.15) is 5.82 Å². The fourth-order valence-electron chi connectivity index (χ4n) is 3.47. The standard InChI is InChI=1S/C20H23N3OS/c1-2-11-23-19(15-8-9-15)21-22-20(23)25-13-18(24)17-10-7-14-5-3-4-6-16(14)12-17/h2,7,10,12,15H,1,3-6,8-9,11,13H2. The van der Waals surface area contributed by atoms with E-state index < -0.39 is 0 Å². The number of allylic oxidation sites excluding steroid dienone is 1. The molecular formula is C20H23N3OS. The molecule has 1 aromatic carbocycles.